The van der Waals surface area contributed by atoms with Crippen LogP contribution < -0.4 is 0 Å². The van der Waals surface area contributed by atoms with Gasteiger partial charge in [0.25, 0.3) is 0 Å². The SMILES string of the molecule is CCCCCCc1cc(C2=CC=C(c3cc(CCCCCC)c(C)c(CCCCCC)c3)[N+]2=[N-])cc(CCCCCC)c1C.[CH2-]CCC.[CH2-]CCC.[Pd+2]. The molecule has 2 nitrogen and oxygen atoms in total. The van der Waals surface area contributed by atoms with E-state index in [1.807, 2.05) is 0 Å². The van der Waals surface area contributed by atoms with E-state index in [-0.39, 0.29) is 20.4 Å². The molecule has 1 aliphatic heterocycles. The van der Waals surface area contributed by atoms with Crippen LogP contribution in [0.3, 0.4) is 0 Å². The van der Waals surface area contributed by atoms with Gasteiger partial charge in [-0.1, -0.05) is 131 Å². The minimum absolute atomic E-state index is 0. The van der Waals surface area contributed by atoms with Crippen LogP contribution in [0.25, 0.3) is 16.9 Å². The van der Waals surface area contributed by atoms with Crippen molar-refractivity contribution in [2.75, 3.05) is 0 Å². The third-order valence-corrected chi connectivity index (χ3v) is 10.6. The molecule has 0 atom stereocenters. The summed E-state index contributed by atoms with van der Waals surface area (Å²) in [7, 11) is 0. The number of benzene rings is 2. The first-order valence-corrected chi connectivity index (χ1v) is 22.0. The molecule has 0 spiro atoms. The molecular formula is C50H82N2Pd. The maximum atomic E-state index is 11.7. The van der Waals surface area contributed by atoms with Crippen LogP contribution in [0.1, 0.15) is 214 Å². The summed E-state index contributed by atoms with van der Waals surface area (Å²) in [4.78, 5) is 0. The van der Waals surface area contributed by atoms with Crippen LogP contribution in [0, 0.1) is 27.7 Å². The molecule has 0 bridgehead atoms. The number of unbranched alkanes of at least 4 members (excludes halogenated alkanes) is 14. The number of aryl methyl sites for hydroxylation is 4. The number of hydrogen-bond donors (Lipinski definition) is 0. The van der Waals surface area contributed by atoms with Crippen molar-refractivity contribution in [1.29, 1.82) is 0 Å². The molecule has 0 fully saturated rings. The van der Waals surface area contributed by atoms with Gasteiger partial charge in [-0.2, -0.15) is 12.8 Å². The van der Waals surface area contributed by atoms with Crippen molar-refractivity contribution in [2.24, 2.45) is 0 Å². The van der Waals surface area contributed by atoms with Gasteiger partial charge in [-0.3, -0.25) is 0 Å². The van der Waals surface area contributed by atoms with Crippen LogP contribution in [0.2, 0.25) is 0 Å². The summed E-state index contributed by atoms with van der Waals surface area (Å²) in [6, 6.07) is 9.48. The molecule has 0 aromatic heterocycles. The van der Waals surface area contributed by atoms with E-state index in [1.165, 1.54) is 154 Å². The van der Waals surface area contributed by atoms with Gasteiger partial charge >= 0.3 is 20.4 Å². The Morgan fingerprint density at radius 2 is 0.679 bits per heavy atom. The van der Waals surface area contributed by atoms with Crippen LogP contribution in [-0.2, 0) is 46.1 Å². The summed E-state index contributed by atoms with van der Waals surface area (Å²) in [5.74, 6) is 0. The summed E-state index contributed by atoms with van der Waals surface area (Å²) >= 11 is 0. The van der Waals surface area contributed by atoms with Gasteiger partial charge in [-0.25, -0.2) is 4.70 Å². The van der Waals surface area contributed by atoms with Crippen LogP contribution in [0.4, 0.5) is 0 Å². The molecule has 53 heavy (non-hydrogen) atoms. The third-order valence-electron chi connectivity index (χ3n) is 10.6. The first-order valence-electron chi connectivity index (χ1n) is 22.0. The van der Waals surface area contributed by atoms with Gasteiger partial charge in [0.1, 0.15) is 0 Å². The van der Waals surface area contributed by atoms with Gasteiger partial charge in [0.2, 0.25) is 11.4 Å². The fourth-order valence-electron chi connectivity index (χ4n) is 6.85. The summed E-state index contributed by atoms with van der Waals surface area (Å²) in [6.45, 7) is 25.2. The smallest absolute Gasteiger partial charge is 0.493 e. The predicted molar refractivity (Wildman–Crippen MR) is 234 cm³/mol. The molecule has 0 amide bonds. The zero-order valence-corrected chi connectivity index (χ0v) is 37.6. The Bertz CT molecular complexity index is 1150. The van der Waals surface area contributed by atoms with Crippen molar-refractivity contribution >= 4 is 11.4 Å². The standard InChI is InChI=1S/C42H64N2.2C4H9.Pd/c1-7-11-15-19-23-35-29-39(30-36(33(35)5)24-20-16-12-8-2)41-27-28-42(44(41)43)40-31-37(25-21-17-13-9-3)34(6)38(32-40)26-22-18-14-10-4;2*1-3-4-2;/h27-32H,7-26H2,1-6H3;2*1,3-4H2,2H3;/q;2*-1;+2. The van der Waals surface area contributed by atoms with Crippen molar-refractivity contribution < 1.29 is 25.1 Å². The second-order valence-corrected chi connectivity index (χ2v) is 15.2. The van der Waals surface area contributed by atoms with Gasteiger partial charge in [0.05, 0.1) is 0 Å². The Kier molecular flexibility index (Phi) is 31.3. The Morgan fingerprint density at radius 1 is 0.434 bits per heavy atom. The minimum atomic E-state index is 0. The van der Waals surface area contributed by atoms with E-state index in [2.05, 4.69) is 106 Å². The number of rotatable bonds is 24. The van der Waals surface area contributed by atoms with Crippen molar-refractivity contribution in [3.05, 3.63) is 100 Å². The van der Waals surface area contributed by atoms with Crippen molar-refractivity contribution in [2.45, 2.75) is 209 Å². The van der Waals surface area contributed by atoms with Crippen molar-refractivity contribution in [3.8, 4) is 0 Å². The molecule has 2 aromatic carbocycles. The molecule has 3 heteroatoms. The van der Waals surface area contributed by atoms with E-state index in [1.54, 1.807) is 0 Å². The fourth-order valence-corrected chi connectivity index (χ4v) is 6.85. The van der Waals surface area contributed by atoms with Gasteiger partial charge in [-0.15, -0.1) is 0 Å². The first-order chi connectivity index (χ1) is 25.3. The summed E-state index contributed by atoms with van der Waals surface area (Å²) in [6.07, 6.45) is 33.8. The molecule has 1 heterocycles. The fraction of sp³-hybridized carbons (Fsp3) is 0.640. The van der Waals surface area contributed by atoms with Crippen molar-refractivity contribution in [3.63, 3.8) is 0 Å². The second-order valence-electron chi connectivity index (χ2n) is 15.2. The number of allylic oxidation sites excluding steroid dienone is 2. The minimum Gasteiger partial charge on any atom is -0.493 e. The molecule has 0 aliphatic carbocycles. The molecule has 0 unspecified atom stereocenters. The molecule has 0 saturated heterocycles. The molecule has 3 rings (SSSR count). The van der Waals surface area contributed by atoms with E-state index in [0.29, 0.717) is 0 Å². The maximum absolute atomic E-state index is 11.7. The Hall–Kier alpha value is -1.82. The van der Waals surface area contributed by atoms with Crippen LogP contribution in [0.5, 0.6) is 0 Å². The zero-order valence-electron chi connectivity index (χ0n) is 36.1. The maximum Gasteiger partial charge on any atom is 2.00 e. The summed E-state index contributed by atoms with van der Waals surface area (Å²) < 4.78 is 1.48. The van der Waals surface area contributed by atoms with Gasteiger partial charge < -0.3 is 19.4 Å². The molecule has 0 radical (unpaired) electrons. The topological polar surface area (TPSA) is 25.3 Å². The normalized spacial score (nSPS) is 12.0. The summed E-state index contributed by atoms with van der Waals surface area (Å²) in [5.41, 5.74) is 24.7. The molecule has 0 saturated carbocycles. The summed E-state index contributed by atoms with van der Waals surface area (Å²) in [5, 5.41) is 0. The first kappa shape index (κ1) is 51.2. The van der Waals surface area contributed by atoms with Crippen molar-refractivity contribution in [1.82, 2.24) is 0 Å². The molecular weight excluding hydrogens is 735 g/mol. The molecule has 302 valence electrons. The van der Waals surface area contributed by atoms with E-state index in [9.17, 15) is 5.53 Å². The van der Waals surface area contributed by atoms with E-state index in [4.69, 9.17) is 0 Å². The monoisotopic (exact) mass is 817 g/mol. The quantitative estimate of drug-likeness (QED) is 0.0436. The van der Waals surface area contributed by atoms with Crippen LogP contribution in [-0.4, -0.2) is 4.70 Å². The Labute approximate surface area is 344 Å². The Morgan fingerprint density at radius 3 is 0.887 bits per heavy atom. The largest absolute Gasteiger partial charge is 2.00 e. The average molecular weight is 818 g/mol. The second kappa shape index (κ2) is 32.4. The number of nitrogens with zero attached hydrogens (tertiary/aromatic N) is 2. The molecule has 2 aromatic rings. The van der Waals surface area contributed by atoms with Gasteiger partial charge in [0.15, 0.2) is 0 Å². The van der Waals surface area contributed by atoms with Gasteiger partial charge in [-0.05, 0) is 123 Å². The third kappa shape index (κ3) is 19.6. The van der Waals surface area contributed by atoms with E-state index < -0.39 is 0 Å². The molecule has 1 aliphatic rings. The van der Waals surface area contributed by atoms with Crippen LogP contribution in [0.15, 0.2) is 36.4 Å². The van der Waals surface area contributed by atoms with Gasteiger partial charge in [0, 0.05) is 23.3 Å². The predicted octanol–water partition coefficient (Wildman–Crippen LogP) is 16.5. The Balaban J connectivity index is 0.00000272. The number of hydrogen-bond acceptors (Lipinski definition) is 0. The van der Waals surface area contributed by atoms with Crippen LogP contribution >= 0.6 is 0 Å². The van der Waals surface area contributed by atoms with E-state index in [0.717, 1.165) is 61.0 Å². The average Bonchev–Trinajstić information content (AvgIpc) is 3.55. The zero-order chi connectivity index (χ0) is 38.6. The molecule has 0 N–H and O–H groups in total. The van der Waals surface area contributed by atoms with E-state index >= 15 is 0 Å².